The molecule has 0 saturated carbocycles. The zero-order valence-electron chi connectivity index (χ0n) is 16.6. The van der Waals surface area contributed by atoms with Crippen LogP contribution in [0.3, 0.4) is 0 Å². The summed E-state index contributed by atoms with van der Waals surface area (Å²) >= 11 is 0. The van der Waals surface area contributed by atoms with Crippen molar-refractivity contribution in [1.29, 1.82) is 0 Å². The molecule has 0 bridgehead atoms. The van der Waals surface area contributed by atoms with E-state index in [-0.39, 0.29) is 16.8 Å². The summed E-state index contributed by atoms with van der Waals surface area (Å²) in [4.78, 5) is 24.7. The number of halogens is 4. The number of hydrogen-bond donors (Lipinski definition) is 2. The van der Waals surface area contributed by atoms with E-state index in [9.17, 15) is 27.2 Å². The van der Waals surface area contributed by atoms with Gasteiger partial charge in [0.2, 0.25) is 0 Å². The van der Waals surface area contributed by atoms with E-state index in [0.717, 1.165) is 35.4 Å². The first-order valence-electron chi connectivity index (χ1n) is 9.21. The lowest BCUT2D eigenvalue weighted by Crippen LogP contribution is -2.18. The molecule has 2 N–H and O–H groups in total. The molecule has 0 atom stereocenters. The zero-order chi connectivity index (χ0) is 22.8. The quantitative estimate of drug-likeness (QED) is 0.502. The number of amides is 2. The van der Waals surface area contributed by atoms with Crippen LogP contribution < -0.4 is 10.6 Å². The number of carbonyl (C=O) groups is 2. The fourth-order valence-electron chi connectivity index (χ4n) is 2.85. The summed E-state index contributed by atoms with van der Waals surface area (Å²) in [5.74, 6) is -1.92. The number of nitrogens with one attached hydrogen (secondary N) is 2. The molecule has 160 valence electrons. The third-order valence-corrected chi connectivity index (χ3v) is 4.71. The van der Waals surface area contributed by atoms with Crippen LogP contribution in [-0.4, -0.2) is 11.8 Å². The molecule has 0 aliphatic heterocycles. The molecule has 0 heterocycles. The van der Waals surface area contributed by atoms with Crippen LogP contribution in [0.4, 0.5) is 28.9 Å². The topological polar surface area (TPSA) is 58.2 Å². The molecule has 2 amide bonds. The number of aryl methyl sites for hydroxylation is 2. The van der Waals surface area contributed by atoms with Crippen molar-refractivity contribution < 1.29 is 27.2 Å². The lowest BCUT2D eigenvalue weighted by atomic mass is 10.1. The van der Waals surface area contributed by atoms with Gasteiger partial charge in [-0.15, -0.1) is 0 Å². The molecule has 0 spiro atoms. The lowest BCUT2D eigenvalue weighted by molar-refractivity contribution is -0.136. The van der Waals surface area contributed by atoms with Gasteiger partial charge in [-0.3, -0.25) is 9.59 Å². The molecule has 31 heavy (non-hydrogen) atoms. The van der Waals surface area contributed by atoms with E-state index in [1.54, 1.807) is 19.1 Å². The second-order valence-electron chi connectivity index (χ2n) is 6.97. The van der Waals surface area contributed by atoms with Gasteiger partial charge in [0.25, 0.3) is 11.8 Å². The van der Waals surface area contributed by atoms with Gasteiger partial charge in [-0.1, -0.05) is 6.07 Å². The van der Waals surface area contributed by atoms with E-state index in [1.165, 1.54) is 24.3 Å². The third kappa shape index (κ3) is 5.28. The zero-order valence-corrected chi connectivity index (χ0v) is 16.6. The first kappa shape index (κ1) is 22.0. The van der Waals surface area contributed by atoms with E-state index < -0.39 is 35.1 Å². The van der Waals surface area contributed by atoms with E-state index in [2.05, 4.69) is 10.6 Å². The molecule has 0 aliphatic rings. The molecular weight excluding hydrogens is 412 g/mol. The number of anilines is 2. The molecule has 8 heteroatoms. The number of hydrogen-bond acceptors (Lipinski definition) is 2. The largest absolute Gasteiger partial charge is 0.418 e. The standard InChI is InChI=1S/C23H18F4N2O2/c1-13-3-4-16(11-14(13)2)22(31)29-20-10-9-18(12-19(20)23(25,26)27)28-21(30)15-5-7-17(24)8-6-15/h3-12H,1-2H3,(H,28,30)(H,29,31). The van der Waals surface area contributed by atoms with Gasteiger partial charge >= 0.3 is 6.18 Å². The van der Waals surface area contributed by atoms with Crippen molar-refractivity contribution in [2.45, 2.75) is 20.0 Å². The van der Waals surface area contributed by atoms with Gasteiger partial charge in [-0.25, -0.2) is 4.39 Å². The highest BCUT2D eigenvalue weighted by atomic mass is 19.4. The third-order valence-electron chi connectivity index (χ3n) is 4.71. The Morgan fingerprint density at radius 3 is 1.97 bits per heavy atom. The van der Waals surface area contributed by atoms with Crippen LogP contribution in [0, 0.1) is 19.7 Å². The lowest BCUT2D eigenvalue weighted by Gasteiger charge is -2.16. The van der Waals surface area contributed by atoms with Crippen LogP contribution >= 0.6 is 0 Å². The molecule has 0 radical (unpaired) electrons. The van der Waals surface area contributed by atoms with Crippen LogP contribution in [0.15, 0.2) is 60.7 Å². The fourth-order valence-corrected chi connectivity index (χ4v) is 2.85. The Labute approximate surface area is 175 Å². The minimum atomic E-state index is -4.78. The van der Waals surface area contributed by atoms with Crippen LogP contribution in [0.5, 0.6) is 0 Å². The first-order chi connectivity index (χ1) is 14.5. The molecule has 0 unspecified atom stereocenters. The molecule has 3 aromatic carbocycles. The maximum Gasteiger partial charge on any atom is 0.418 e. The highest BCUT2D eigenvalue weighted by Crippen LogP contribution is 2.37. The summed E-state index contributed by atoms with van der Waals surface area (Å²) in [5.41, 5.74) is 0.436. The number of alkyl halides is 3. The Kier molecular flexibility index (Phi) is 6.10. The van der Waals surface area contributed by atoms with E-state index in [1.807, 2.05) is 6.92 Å². The number of rotatable bonds is 4. The summed E-state index contributed by atoms with van der Waals surface area (Å²) < 4.78 is 53.8. The van der Waals surface area contributed by atoms with Crippen molar-refractivity contribution in [1.82, 2.24) is 0 Å². The Hall–Kier alpha value is -3.68. The molecule has 0 aromatic heterocycles. The second kappa shape index (κ2) is 8.59. The average molecular weight is 430 g/mol. The van der Waals surface area contributed by atoms with Crippen molar-refractivity contribution in [3.63, 3.8) is 0 Å². The smallest absolute Gasteiger partial charge is 0.322 e. The average Bonchev–Trinajstić information content (AvgIpc) is 2.70. The second-order valence-corrected chi connectivity index (χ2v) is 6.97. The molecule has 0 saturated heterocycles. The SMILES string of the molecule is Cc1ccc(C(=O)Nc2ccc(NC(=O)c3ccc(F)cc3)cc2C(F)(F)F)cc1C. The van der Waals surface area contributed by atoms with Crippen molar-refractivity contribution >= 4 is 23.2 Å². The minimum absolute atomic E-state index is 0.0853. The predicted octanol–water partition coefficient (Wildman–Crippen LogP) is 5.97. The van der Waals surface area contributed by atoms with Gasteiger partial charge in [0.15, 0.2) is 0 Å². The summed E-state index contributed by atoms with van der Waals surface area (Å²) in [6, 6.07) is 12.5. The number of carbonyl (C=O) groups excluding carboxylic acids is 2. The molecule has 3 aromatic rings. The van der Waals surface area contributed by atoms with Crippen molar-refractivity contribution in [3.05, 3.63) is 94.3 Å². The van der Waals surface area contributed by atoms with Crippen LogP contribution in [0.25, 0.3) is 0 Å². The molecule has 0 aliphatic carbocycles. The summed E-state index contributed by atoms with van der Waals surface area (Å²) in [5, 5.41) is 4.63. The molecule has 3 rings (SSSR count). The van der Waals surface area contributed by atoms with Crippen LogP contribution in [0.1, 0.15) is 37.4 Å². The van der Waals surface area contributed by atoms with Crippen LogP contribution in [-0.2, 0) is 6.18 Å². The van der Waals surface area contributed by atoms with Gasteiger partial charge in [0.1, 0.15) is 5.82 Å². The van der Waals surface area contributed by atoms with Gasteiger partial charge in [-0.05, 0) is 79.6 Å². The maximum atomic E-state index is 13.6. The van der Waals surface area contributed by atoms with E-state index in [0.29, 0.717) is 0 Å². The Balaban J connectivity index is 1.86. The van der Waals surface area contributed by atoms with Crippen molar-refractivity contribution in [2.75, 3.05) is 10.6 Å². The minimum Gasteiger partial charge on any atom is -0.322 e. The van der Waals surface area contributed by atoms with Gasteiger partial charge in [0, 0.05) is 16.8 Å². The Bertz CT molecular complexity index is 1140. The van der Waals surface area contributed by atoms with E-state index >= 15 is 0 Å². The maximum absolute atomic E-state index is 13.6. The highest BCUT2D eigenvalue weighted by Gasteiger charge is 2.34. The number of benzene rings is 3. The Morgan fingerprint density at radius 2 is 1.35 bits per heavy atom. The molecule has 0 fully saturated rings. The molecular formula is C23H18F4N2O2. The summed E-state index contributed by atoms with van der Waals surface area (Å²) in [6.07, 6.45) is -4.78. The van der Waals surface area contributed by atoms with Crippen LogP contribution in [0.2, 0.25) is 0 Å². The van der Waals surface area contributed by atoms with Gasteiger partial charge in [0.05, 0.1) is 11.3 Å². The monoisotopic (exact) mass is 430 g/mol. The Morgan fingerprint density at radius 1 is 0.742 bits per heavy atom. The highest BCUT2D eigenvalue weighted by molar-refractivity contribution is 6.06. The van der Waals surface area contributed by atoms with Gasteiger partial charge < -0.3 is 10.6 Å². The van der Waals surface area contributed by atoms with Gasteiger partial charge in [-0.2, -0.15) is 13.2 Å². The molecule has 4 nitrogen and oxygen atoms in total. The first-order valence-corrected chi connectivity index (χ1v) is 9.21. The van der Waals surface area contributed by atoms with E-state index in [4.69, 9.17) is 0 Å². The summed E-state index contributed by atoms with van der Waals surface area (Å²) in [7, 11) is 0. The fraction of sp³-hybridized carbons (Fsp3) is 0.130. The predicted molar refractivity (Wildman–Crippen MR) is 110 cm³/mol. The van der Waals surface area contributed by atoms with Crippen molar-refractivity contribution in [3.8, 4) is 0 Å². The summed E-state index contributed by atoms with van der Waals surface area (Å²) in [6.45, 7) is 3.66. The van der Waals surface area contributed by atoms with Crippen molar-refractivity contribution in [2.24, 2.45) is 0 Å². The normalized spacial score (nSPS) is 11.2.